The monoisotopic (exact) mass is 547 g/mol. The van der Waals surface area contributed by atoms with Crippen LogP contribution in [0, 0.1) is 0 Å². The van der Waals surface area contributed by atoms with Gasteiger partial charge in [-0.05, 0) is 79.5 Å². The Morgan fingerprint density at radius 1 is 0.279 bits per heavy atom. The van der Waals surface area contributed by atoms with Gasteiger partial charge in [-0.1, -0.05) is 146 Å². The largest absolute Gasteiger partial charge is 0.310 e. The van der Waals surface area contributed by atoms with E-state index in [1.807, 2.05) is 0 Å². The Balaban J connectivity index is 1.41. The van der Waals surface area contributed by atoms with E-state index >= 15 is 0 Å². The van der Waals surface area contributed by atoms with E-state index in [-0.39, 0.29) is 0 Å². The van der Waals surface area contributed by atoms with Crippen LogP contribution >= 0.6 is 0 Å². The molecule has 43 heavy (non-hydrogen) atoms. The van der Waals surface area contributed by atoms with E-state index in [0.29, 0.717) is 0 Å². The molecule has 0 radical (unpaired) electrons. The molecule has 0 saturated carbocycles. The highest BCUT2D eigenvalue weighted by Gasteiger charge is 2.19. The third kappa shape index (κ3) is 4.43. The predicted molar refractivity (Wildman–Crippen MR) is 185 cm³/mol. The second-order valence-electron chi connectivity index (χ2n) is 11.0. The van der Waals surface area contributed by atoms with Crippen LogP contribution < -0.4 is 4.90 Å². The topological polar surface area (TPSA) is 3.24 Å². The molecule has 202 valence electrons. The van der Waals surface area contributed by atoms with Crippen LogP contribution in [0.25, 0.3) is 54.6 Å². The minimum atomic E-state index is 1.12. The number of anilines is 3. The molecule has 0 aliphatic heterocycles. The maximum Gasteiger partial charge on any atom is 0.0546 e. The van der Waals surface area contributed by atoms with Crippen molar-refractivity contribution in [3.05, 3.63) is 176 Å². The Labute approximate surface area is 251 Å². The van der Waals surface area contributed by atoms with Gasteiger partial charge in [0.05, 0.1) is 5.69 Å². The number of rotatable bonds is 5. The van der Waals surface area contributed by atoms with Crippen LogP contribution in [-0.4, -0.2) is 0 Å². The fourth-order valence-corrected chi connectivity index (χ4v) is 6.44. The average molecular weight is 548 g/mol. The fourth-order valence-electron chi connectivity index (χ4n) is 6.44. The Hall–Kier alpha value is -5.66. The standard InChI is InChI=1S/C42H29N/c1-3-13-30(14-4-1)32-25-27-34(28-26-32)43(35-18-11-17-33(29-35)31-15-5-2-6-16-31)41-24-12-23-40-38-20-8-7-19-36(38)37-21-9-10-22-39(37)42(40)41/h1-29H. The maximum absolute atomic E-state index is 2.42. The summed E-state index contributed by atoms with van der Waals surface area (Å²) in [5.74, 6) is 0. The van der Waals surface area contributed by atoms with Crippen molar-refractivity contribution in [2.45, 2.75) is 0 Å². The average Bonchev–Trinajstić information content (AvgIpc) is 3.10. The SMILES string of the molecule is c1ccc(-c2ccc(N(c3cccc(-c4ccccc4)c3)c3cccc4c5ccccc5c5ccccc5c34)cc2)cc1. The van der Waals surface area contributed by atoms with Gasteiger partial charge in [0.1, 0.15) is 0 Å². The molecule has 8 aromatic carbocycles. The van der Waals surface area contributed by atoms with E-state index in [4.69, 9.17) is 0 Å². The van der Waals surface area contributed by atoms with Crippen LogP contribution in [-0.2, 0) is 0 Å². The minimum absolute atomic E-state index is 1.12. The number of hydrogen-bond donors (Lipinski definition) is 0. The van der Waals surface area contributed by atoms with Crippen molar-refractivity contribution in [3.63, 3.8) is 0 Å². The highest BCUT2D eigenvalue weighted by molar-refractivity contribution is 6.28. The lowest BCUT2D eigenvalue weighted by Crippen LogP contribution is -2.11. The summed E-state index contributed by atoms with van der Waals surface area (Å²) in [7, 11) is 0. The Morgan fingerprint density at radius 2 is 0.721 bits per heavy atom. The Bertz CT molecular complexity index is 2170. The molecule has 8 aromatic rings. The van der Waals surface area contributed by atoms with Gasteiger partial charge in [0.25, 0.3) is 0 Å². The molecule has 0 amide bonds. The third-order valence-electron chi connectivity index (χ3n) is 8.43. The quantitative estimate of drug-likeness (QED) is 0.194. The van der Waals surface area contributed by atoms with E-state index in [1.54, 1.807) is 0 Å². The van der Waals surface area contributed by atoms with Gasteiger partial charge < -0.3 is 4.90 Å². The van der Waals surface area contributed by atoms with Gasteiger partial charge in [-0.2, -0.15) is 0 Å². The molecule has 0 atom stereocenters. The van der Waals surface area contributed by atoms with Crippen LogP contribution in [0.5, 0.6) is 0 Å². The first-order valence-corrected chi connectivity index (χ1v) is 14.8. The highest BCUT2D eigenvalue weighted by Crippen LogP contribution is 2.45. The summed E-state index contributed by atoms with van der Waals surface area (Å²) in [6.45, 7) is 0. The van der Waals surface area contributed by atoms with Crippen LogP contribution in [0.15, 0.2) is 176 Å². The summed E-state index contributed by atoms with van der Waals surface area (Å²) in [5.41, 5.74) is 8.23. The second kappa shape index (κ2) is 10.6. The molecule has 0 heterocycles. The minimum Gasteiger partial charge on any atom is -0.310 e. The summed E-state index contributed by atoms with van der Waals surface area (Å²) in [6.07, 6.45) is 0. The van der Waals surface area contributed by atoms with Gasteiger partial charge in [-0.3, -0.25) is 0 Å². The molecule has 0 bridgehead atoms. The molecule has 0 N–H and O–H groups in total. The van der Waals surface area contributed by atoms with Crippen molar-refractivity contribution in [2.75, 3.05) is 4.90 Å². The van der Waals surface area contributed by atoms with E-state index in [9.17, 15) is 0 Å². The highest BCUT2D eigenvalue weighted by atomic mass is 15.1. The summed E-state index contributed by atoms with van der Waals surface area (Å²) >= 11 is 0. The molecular weight excluding hydrogens is 518 g/mol. The van der Waals surface area contributed by atoms with Gasteiger partial charge in [0.15, 0.2) is 0 Å². The zero-order valence-electron chi connectivity index (χ0n) is 23.7. The summed E-state index contributed by atoms with van der Waals surface area (Å²) in [4.78, 5) is 2.42. The fraction of sp³-hybridized carbons (Fsp3) is 0. The van der Waals surface area contributed by atoms with Crippen LogP contribution in [0.4, 0.5) is 17.1 Å². The normalized spacial score (nSPS) is 11.3. The summed E-state index contributed by atoms with van der Waals surface area (Å²) < 4.78 is 0. The van der Waals surface area contributed by atoms with E-state index in [0.717, 1.165) is 17.1 Å². The van der Waals surface area contributed by atoms with Crippen molar-refractivity contribution in [2.24, 2.45) is 0 Å². The van der Waals surface area contributed by atoms with Gasteiger partial charge in [0.2, 0.25) is 0 Å². The first-order valence-electron chi connectivity index (χ1n) is 14.8. The van der Waals surface area contributed by atoms with Gasteiger partial charge in [-0.15, -0.1) is 0 Å². The number of benzene rings is 8. The molecular formula is C42H29N. The van der Waals surface area contributed by atoms with Crippen molar-refractivity contribution >= 4 is 49.4 Å². The van der Waals surface area contributed by atoms with Gasteiger partial charge in [0, 0.05) is 16.8 Å². The Kier molecular flexibility index (Phi) is 6.20. The first-order chi connectivity index (χ1) is 21.3. The lowest BCUT2D eigenvalue weighted by molar-refractivity contribution is 1.30. The molecule has 0 fully saturated rings. The number of nitrogens with zero attached hydrogens (tertiary/aromatic N) is 1. The van der Waals surface area contributed by atoms with Crippen molar-refractivity contribution in [1.82, 2.24) is 0 Å². The lowest BCUT2D eigenvalue weighted by atomic mass is 9.92. The van der Waals surface area contributed by atoms with Crippen molar-refractivity contribution in [1.29, 1.82) is 0 Å². The second-order valence-corrected chi connectivity index (χ2v) is 11.0. The number of hydrogen-bond acceptors (Lipinski definition) is 1. The zero-order chi connectivity index (χ0) is 28.6. The molecule has 0 spiro atoms. The first kappa shape index (κ1) is 25.1. The molecule has 0 aromatic heterocycles. The van der Waals surface area contributed by atoms with E-state index < -0.39 is 0 Å². The molecule has 0 saturated heterocycles. The predicted octanol–water partition coefficient (Wildman–Crippen LogP) is 11.9. The van der Waals surface area contributed by atoms with Gasteiger partial charge in [-0.25, -0.2) is 0 Å². The zero-order valence-corrected chi connectivity index (χ0v) is 23.7. The summed E-state index contributed by atoms with van der Waals surface area (Å²) in [5, 5.41) is 7.61. The third-order valence-corrected chi connectivity index (χ3v) is 8.43. The Morgan fingerprint density at radius 3 is 1.35 bits per heavy atom. The summed E-state index contributed by atoms with van der Waals surface area (Å²) in [6, 6.07) is 63.4. The molecule has 1 heteroatoms. The van der Waals surface area contributed by atoms with E-state index in [1.165, 1.54) is 54.6 Å². The molecule has 0 aliphatic rings. The number of fused-ring (bicyclic) bond motifs is 6. The van der Waals surface area contributed by atoms with Crippen LogP contribution in [0.3, 0.4) is 0 Å². The van der Waals surface area contributed by atoms with E-state index in [2.05, 4.69) is 181 Å². The molecule has 8 rings (SSSR count). The molecule has 0 unspecified atom stereocenters. The molecule has 0 aliphatic carbocycles. The lowest BCUT2D eigenvalue weighted by Gasteiger charge is -2.28. The van der Waals surface area contributed by atoms with Crippen molar-refractivity contribution < 1.29 is 0 Å². The van der Waals surface area contributed by atoms with Crippen LogP contribution in [0.1, 0.15) is 0 Å². The molecule has 1 nitrogen and oxygen atoms in total. The maximum atomic E-state index is 2.42. The van der Waals surface area contributed by atoms with Crippen LogP contribution in [0.2, 0.25) is 0 Å². The van der Waals surface area contributed by atoms with Crippen molar-refractivity contribution in [3.8, 4) is 22.3 Å². The van der Waals surface area contributed by atoms with Gasteiger partial charge >= 0.3 is 0 Å². The smallest absolute Gasteiger partial charge is 0.0546 e.